The predicted octanol–water partition coefficient (Wildman–Crippen LogP) is 3.30. The van der Waals surface area contributed by atoms with Crippen LogP contribution in [-0.2, 0) is 25.8 Å². The molecule has 9 heteroatoms. The highest BCUT2D eigenvalue weighted by atomic mass is 32.2. The van der Waals surface area contributed by atoms with Crippen molar-refractivity contribution in [1.29, 1.82) is 0 Å². The van der Waals surface area contributed by atoms with E-state index in [1.54, 1.807) is 10.6 Å². The molecule has 0 N–H and O–H groups in total. The zero-order chi connectivity index (χ0) is 20.8. The summed E-state index contributed by atoms with van der Waals surface area (Å²) in [6.07, 6.45) is 7.43. The van der Waals surface area contributed by atoms with Crippen molar-refractivity contribution >= 4 is 22.8 Å². The average Bonchev–Trinajstić information content (AvgIpc) is 3.24. The van der Waals surface area contributed by atoms with Gasteiger partial charge in [0.25, 0.3) is 5.56 Å². The van der Waals surface area contributed by atoms with Gasteiger partial charge in [-0.3, -0.25) is 13.9 Å². The van der Waals surface area contributed by atoms with Crippen molar-refractivity contribution in [2.24, 2.45) is 7.05 Å². The molecule has 3 heterocycles. The third-order valence-electron chi connectivity index (χ3n) is 4.74. The molecule has 0 fully saturated rings. The lowest BCUT2D eigenvalue weighted by Crippen LogP contribution is -2.39. The molecular weight excluding hydrogens is 390 g/mol. The van der Waals surface area contributed by atoms with Crippen LogP contribution in [0.4, 0.5) is 0 Å². The molecule has 0 saturated heterocycles. The van der Waals surface area contributed by atoms with Gasteiger partial charge in [0, 0.05) is 31.8 Å². The number of hydrogen-bond donors (Lipinski definition) is 0. The molecular formula is C20H27N5O3S. The zero-order valence-electron chi connectivity index (χ0n) is 17.2. The van der Waals surface area contributed by atoms with Gasteiger partial charge in [0.1, 0.15) is 22.5 Å². The second-order valence-corrected chi connectivity index (χ2v) is 8.00. The van der Waals surface area contributed by atoms with Crippen LogP contribution in [0.1, 0.15) is 57.5 Å². The van der Waals surface area contributed by atoms with Crippen LogP contribution in [-0.4, -0.2) is 24.3 Å². The van der Waals surface area contributed by atoms with Crippen LogP contribution in [0.25, 0.3) is 11.0 Å². The molecule has 0 amide bonds. The fourth-order valence-corrected chi connectivity index (χ4v) is 4.11. The summed E-state index contributed by atoms with van der Waals surface area (Å²) in [5.41, 5.74) is 0.498. The summed E-state index contributed by atoms with van der Waals surface area (Å²) in [6.45, 7) is 4.67. The molecule has 0 aliphatic rings. The van der Waals surface area contributed by atoms with E-state index in [0.29, 0.717) is 34.2 Å². The first-order valence-corrected chi connectivity index (χ1v) is 11.1. The molecule has 0 bridgehead atoms. The normalized spacial score (nSPS) is 11.4. The quantitative estimate of drug-likeness (QED) is 0.284. The summed E-state index contributed by atoms with van der Waals surface area (Å²) in [7, 11) is 1.50. The molecule has 29 heavy (non-hydrogen) atoms. The third kappa shape index (κ3) is 4.77. The van der Waals surface area contributed by atoms with Gasteiger partial charge in [0.15, 0.2) is 5.65 Å². The van der Waals surface area contributed by atoms with E-state index in [1.807, 2.05) is 6.92 Å². The standard InChI is InChI=1S/C20H27N5O3S/c1-4-6-7-8-9-15-21-17-16(18(22-15)29-13-14-10-12-28-23-14)19(26)24(3)20(27)25(17)11-5-2/h10,12H,4-9,11,13H2,1-3H3. The lowest BCUT2D eigenvalue weighted by Gasteiger charge is -2.14. The van der Waals surface area contributed by atoms with Crippen molar-refractivity contribution in [3.8, 4) is 0 Å². The van der Waals surface area contributed by atoms with E-state index in [1.165, 1.54) is 31.5 Å². The fraction of sp³-hybridized carbons (Fsp3) is 0.550. The van der Waals surface area contributed by atoms with E-state index in [9.17, 15) is 9.59 Å². The maximum Gasteiger partial charge on any atom is 0.332 e. The first-order valence-electron chi connectivity index (χ1n) is 10.1. The smallest absolute Gasteiger partial charge is 0.332 e. The number of nitrogens with zero attached hydrogens (tertiary/aromatic N) is 5. The van der Waals surface area contributed by atoms with Crippen LogP contribution in [0.2, 0.25) is 0 Å². The monoisotopic (exact) mass is 417 g/mol. The summed E-state index contributed by atoms with van der Waals surface area (Å²) in [6, 6.07) is 1.78. The van der Waals surface area contributed by atoms with Crippen molar-refractivity contribution in [2.75, 3.05) is 0 Å². The van der Waals surface area contributed by atoms with Crippen molar-refractivity contribution in [3.05, 3.63) is 44.7 Å². The van der Waals surface area contributed by atoms with Gasteiger partial charge < -0.3 is 4.52 Å². The SMILES string of the molecule is CCCCCCc1nc(SCc2ccon2)c2c(=O)n(C)c(=O)n(CCC)c2n1. The number of aromatic nitrogens is 5. The van der Waals surface area contributed by atoms with Crippen molar-refractivity contribution in [2.45, 2.75) is 69.7 Å². The largest absolute Gasteiger partial charge is 0.364 e. The van der Waals surface area contributed by atoms with E-state index >= 15 is 0 Å². The lowest BCUT2D eigenvalue weighted by atomic mass is 10.1. The number of fused-ring (bicyclic) bond motifs is 1. The number of unbranched alkanes of at least 4 members (excludes halogenated alkanes) is 3. The van der Waals surface area contributed by atoms with E-state index in [0.717, 1.165) is 42.4 Å². The Kier molecular flexibility index (Phi) is 7.24. The van der Waals surface area contributed by atoms with Gasteiger partial charge >= 0.3 is 5.69 Å². The molecule has 0 radical (unpaired) electrons. The molecule has 0 aromatic carbocycles. The van der Waals surface area contributed by atoms with Crippen LogP contribution >= 0.6 is 11.8 Å². The Morgan fingerprint density at radius 1 is 1.10 bits per heavy atom. The van der Waals surface area contributed by atoms with Crippen LogP contribution in [0.15, 0.2) is 31.5 Å². The van der Waals surface area contributed by atoms with Gasteiger partial charge in [0.2, 0.25) is 0 Å². The third-order valence-corrected chi connectivity index (χ3v) is 5.75. The van der Waals surface area contributed by atoms with E-state index in [-0.39, 0.29) is 11.2 Å². The maximum atomic E-state index is 12.9. The topological polar surface area (TPSA) is 95.8 Å². The summed E-state index contributed by atoms with van der Waals surface area (Å²) in [5, 5.41) is 4.91. The molecule has 0 aliphatic heterocycles. The van der Waals surface area contributed by atoms with Gasteiger partial charge in [-0.15, -0.1) is 0 Å². The minimum Gasteiger partial charge on any atom is -0.364 e. The highest BCUT2D eigenvalue weighted by Crippen LogP contribution is 2.26. The highest BCUT2D eigenvalue weighted by Gasteiger charge is 2.19. The first kappa shape index (κ1) is 21.3. The van der Waals surface area contributed by atoms with Gasteiger partial charge in [-0.1, -0.05) is 50.0 Å². The molecule has 3 rings (SSSR count). The molecule has 0 atom stereocenters. The van der Waals surface area contributed by atoms with Crippen molar-refractivity contribution in [3.63, 3.8) is 0 Å². The van der Waals surface area contributed by atoms with Gasteiger partial charge in [-0.25, -0.2) is 14.8 Å². The summed E-state index contributed by atoms with van der Waals surface area (Å²) in [5.74, 6) is 1.20. The highest BCUT2D eigenvalue weighted by molar-refractivity contribution is 7.98. The summed E-state index contributed by atoms with van der Waals surface area (Å²) >= 11 is 1.42. The van der Waals surface area contributed by atoms with Crippen molar-refractivity contribution < 1.29 is 4.52 Å². The Bertz CT molecular complexity index is 1070. The van der Waals surface area contributed by atoms with Crippen LogP contribution < -0.4 is 11.2 Å². The van der Waals surface area contributed by atoms with Crippen LogP contribution in [0.3, 0.4) is 0 Å². The minimum absolute atomic E-state index is 0.340. The molecule has 8 nitrogen and oxygen atoms in total. The molecule has 3 aromatic heterocycles. The van der Waals surface area contributed by atoms with E-state index < -0.39 is 0 Å². The number of rotatable bonds is 10. The second kappa shape index (κ2) is 9.87. The Morgan fingerprint density at radius 2 is 1.93 bits per heavy atom. The molecule has 156 valence electrons. The van der Waals surface area contributed by atoms with Crippen LogP contribution in [0.5, 0.6) is 0 Å². The van der Waals surface area contributed by atoms with Gasteiger partial charge in [-0.2, -0.15) is 0 Å². The molecule has 0 saturated carbocycles. The molecule has 0 spiro atoms. The Morgan fingerprint density at radius 3 is 2.62 bits per heavy atom. The summed E-state index contributed by atoms with van der Waals surface area (Å²) < 4.78 is 7.63. The fourth-order valence-electron chi connectivity index (χ4n) is 3.19. The molecule has 0 aliphatic carbocycles. The van der Waals surface area contributed by atoms with Gasteiger partial charge in [0.05, 0.1) is 5.69 Å². The zero-order valence-corrected chi connectivity index (χ0v) is 18.0. The van der Waals surface area contributed by atoms with Gasteiger partial charge in [-0.05, 0) is 12.8 Å². The summed E-state index contributed by atoms with van der Waals surface area (Å²) in [4.78, 5) is 35.0. The molecule has 0 unspecified atom stereocenters. The van der Waals surface area contributed by atoms with E-state index in [2.05, 4.69) is 17.1 Å². The minimum atomic E-state index is -0.363. The average molecular weight is 418 g/mol. The van der Waals surface area contributed by atoms with E-state index in [4.69, 9.17) is 9.51 Å². The van der Waals surface area contributed by atoms with Crippen LogP contribution in [0, 0.1) is 0 Å². The first-order chi connectivity index (χ1) is 14.1. The Balaban J connectivity index is 2.10. The number of hydrogen-bond acceptors (Lipinski definition) is 7. The maximum absolute atomic E-state index is 12.9. The van der Waals surface area contributed by atoms with Crippen molar-refractivity contribution in [1.82, 2.24) is 24.3 Å². The lowest BCUT2D eigenvalue weighted by molar-refractivity contribution is 0.414. The Hall–Kier alpha value is -2.42. The number of thioether (sulfide) groups is 1. The second-order valence-electron chi connectivity index (χ2n) is 7.03. The molecule has 3 aromatic rings. The Labute approximate surface area is 173 Å². The number of aryl methyl sites for hydroxylation is 2. The predicted molar refractivity (Wildman–Crippen MR) is 113 cm³/mol.